The summed E-state index contributed by atoms with van der Waals surface area (Å²) in [4.78, 5) is 22.4. The molecule has 1 saturated heterocycles. The van der Waals surface area contributed by atoms with Crippen LogP contribution >= 0.6 is 0 Å². The molecule has 1 aliphatic rings. The fourth-order valence-electron chi connectivity index (χ4n) is 1.46. The zero-order valence-electron chi connectivity index (χ0n) is 9.81. The molecule has 0 amide bonds. The van der Waals surface area contributed by atoms with Crippen molar-refractivity contribution in [3.63, 3.8) is 0 Å². The number of allylic oxidation sites excluding steroid dienone is 4. The fourth-order valence-corrected chi connectivity index (χ4v) is 1.46. The predicted molar refractivity (Wildman–Crippen MR) is 68.9 cm³/mol. The van der Waals surface area contributed by atoms with Gasteiger partial charge in [0.15, 0.2) is 11.6 Å². The highest BCUT2D eigenvalue weighted by atomic mass is 16.6. The lowest BCUT2D eigenvalue weighted by molar-refractivity contribution is -0.121. The molecular weight excluding hydrogens is 216 g/mol. The van der Waals surface area contributed by atoms with E-state index in [1.54, 1.807) is 0 Å². The fraction of sp³-hybridized carbons (Fsp3) is 0.571. The summed E-state index contributed by atoms with van der Waals surface area (Å²) in [5, 5.41) is 0. The van der Waals surface area contributed by atoms with Gasteiger partial charge in [0.25, 0.3) is 0 Å². The summed E-state index contributed by atoms with van der Waals surface area (Å²) in [5.74, 6) is -0.0159. The molecule has 0 saturated carbocycles. The van der Waals surface area contributed by atoms with Crippen LogP contribution in [0.4, 0.5) is 0 Å². The molecule has 1 fully saturated rings. The van der Waals surface area contributed by atoms with Gasteiger partial charge in [0.1, 0.15) is 12.2 Å². The highest BCUT2D eigenvalue weighted by molar-refractivity contribution is 5.95. The van der Waals surface area contributed by atoms with Crippen molar-refractivity contribution in [3.05, 3.63) is 24.3 Å². The number of carbonyl (C=O) groups is 2. The molecule has 0 radical (unpaired) electrons. The highest BCUT2D eigenvalue weighted by Gasteiger charge is 2.47. The topological polar surface area (TPSA) is 46.7 Å². The minimum atomic E-state index is -0.459. The lowest BCUT2D eigenvalue weighted by atomic mass is 10.1. The molecule has 0 aromatic carbocycles. The smallest absolute Gasteiger partial charge is 0.165 e. The van der Waals surface area contributed by atoms with Crippen molar-refractivity contribution in [2.45, 2.75) is 52.7 Å². The van der Waals surface area contributed by atoms with Gasteiger partial charge in [-0.2, -0.15) is 0 Å². The van der Waals surface area contributed by atoms with Gasteiger partial charge >= 0.3 is 0 Å². The van der Waals surface area contributed by atoms with Crippen LogP contribution in [0.25, 0.3) is 0 Å². The number of epoxide rings is 1. The lowest BCUT2D eigenvalue weighted by Gasteiger charge is -1.92. The molecule has 0 bridgehead atoms. The van der Waals surface area contributed by atoms with E-state index in [9.17, 15) is 9.59 Å². The number of ketones is 2. The first-order valence-electron chi connectivity index (χ1n) is 5.61. The van der Waals surface area contributed by atoms with Crippen molar-refractivity contribution >= 4 is 11.6 Å². The molecule has 96 valence electrons. The van der Waals surface area contributed by atoms with E-state index >= 15 is 0 Å². The van der Waals surface area contributed by atoms with Gasteiger partial charge in [-0.25, -0.2) is 0 Å². The average molecular weight is 238 g/mol. The van der Waals surface area contributed by atoms with Crippen molar-refractivity contribution in [2.24, 2.45) is 0 Å². The van der Waals surface area contributed by atoms with Crippen LogP contribution in [0.15, 0.2) is 24.3 Å². The van der Waals surface area contributed by atoms with Crippen molar-refractivity contribution < 1.29 is 14.3 Å². The highest BCUT2D eigenvalue weighted by Crippen LogP contribution is 2.25. The second kappa shape index (κ2) is 7.96. The molecule has 1 heterocycles. The molecule has 17 heavy (non-hydrogen) atoms. The van der Waals surface area contributed by atoms with Crippen LogP contribution in [0.2, 0.25) is 0 Å². The molecule has 0 N–H and O–H groups in total. The standard InChI is InChI=1S/C13H18O3.CH4/c1-3-4-5-6-7-8-9-11(15)13-12(16-13)10(2)14;/h3-4,6-7,12-13H,5,8-9H2,1-2H3;1H4/b4-3+,7-6+;/t12-,13+;/m0./s1. The Hall–Kier alpha value is -1.22. The van der Waals surface area contributed by atoms with E-state index in [0.29, 0.717) is 6.42 Å². The van der Waals surface area contributed by atoms with Gasteiger partial charge in [0.2, 0.25) is 0 Å². The Morgan fingerprint density at radius 1 is 1.18 bits per heavy atom. The number of rotatable bonds is 7. The zero-order valence-corrected chi connectivity index (χ0v) is 9.81. The van der Waals surface area contributed by atoms with Crippen LogP contribution in [0.3, 0.4) is 0 Å². The first-order valence-corrected chi connectivity index (χ1v) is 5.61. The Morgan fingerprint density at radius 3 is 2.41 bits per heavy atom. The maximum absolute atomic E-state index is 11.5. The van der Waals surface area contributed by atoms with E-state index < -0.39 is 12.2 Å². The van der Waals surface area contributed by atoms with Crippen LogP contribution in [0.1, 0.15) is 40.5 Å². The predicted octanol–water partition coefficient (Wildman–Crippen LogP) is 2.85. The van der Waals surface area contributed by atoms with Gasteiger partial charge < -0.3 is 4.74 Å². The van der Waals surface area contributed by atoms with Crippen molar-refractivity contribution in [1.82, 2.24) is 0 Å². The van der Waals surface area contributed by atoms with Gasteiger partial charge in [0.05, 0.1) is 0 Å². The van der Waals surface area contributed by atoms with Crippen LogP contribution in [-0.4, -0.2) is 23.8 Å². The minimum absolute atomic E-state index is 0. The Balaban J connectivity index is 0.00000256. The first-order chi connectivity index (χ1) is 7.66. The van der Waals surface area contributed by atoms with Gasteiger partial charge in [-0.05, 0) is 26.7 Å². The summed E-state index contributed by atoms with van der Waals surface area (Å²) >= 11 is 0. The molecule has 0 aromatic rings. The molecular formula is C14H22O3. The molecule has 0 spiro atoms. The number of hydrogen-bond acceptors (Lipinski definition) is 3. The van der Waals surface area contributed by atoms with E-state index in [1.165, 1.54) is 6.92 Å². The second-order valence-corrected chi connectivity index (χ2v) is 3.87. The maximum atomic E-state index is 11.5. The minimum Gasteiger partial charge on any atom is -0.353 e. The Labute approximate surface area is 104 Å². The van der Waals surface area contributed by atoms with Crippen LogP contribution in [0.5, 0.6) is 0 Å². The monoisotopic (exact) mass is 238 g/mol. The third-order valence-electron chi connectivity index (χ3n) is 2.44. The SMILES string of the molecule is C.C/C=C/C/C=C/CCC(=O)[C@H]1O[C@H]1C(C)=O. The molecule has 1 aliphatic heterocycles. The van der Waals surface area contributed by atoms with E-state index in [1.807, 2.05) is 31.2 Å². The summed E-state index contributed by atoms with van der Waals surface area (Å²) < 4.78 is 5.00. The summed E-state index contributed by atoms with van der Waals surface area (Å²) in [7, 11) is 0. The van der Waals surface area contributed by atoms with Gasteiger partial charge in [-0.15, -0.1) is 0 Å². The van der Waals surface area contributed by atoms with E-state index in [4.69, 9.17) is 4.74 Å². The number of Topliss-reactive ketones (excluding diaryl/α,β-unsaturated/α-hetero) is 2. The molecule has 0 aromatic heterocycles. The van der Waals surface area contributed by atoms with Gasteiger partial charge in [-0.3, -0.25) is 9.59 Å². The summed E-state index contributed by atoms with van der Waals surface area (Å²) in [6, 6.07) is 0. The lowest BCUT2D eigenvalue weighted by Crippen LogP contribution is -2.13. The Kier molecular flexibility index (Phi) is 7.39. The van der Waals surface area contributed by atoms with Crippen LogP contribution < -0.4 is 0 Å². The first kappa shape index (κ1) is 15.8. The molecule has 0 unspecified atom stereocenters. The Morgan fingerprint density at radius 2 is 1.88 bits per heavy atom. The maximum Gasteiger partial charge on any atom is 0.165 e. The van der Waals surface area contributed by atoms with Crippen molar-refractivity contribution in [3.8, 4) is 0 Å². The molecule has 2 atom stereocenters. The van der Waals surface area contributed by atoms with E-state index in [-0.39, 0.29) is 19.0 Å². The summed E-state index contributed by atoms with van der Waals surface area (Å²) in [6.45, 7) is 3.43. The normalized spacial score (nSPS) is 22.7. The molecule has 1 rings (SSSR count). The molecule has 3 nitrogen and oxygen atoms in total. The number of ether oxygens (including phenoxy) is 1. The van der Waals surface area contributed by atoms with Gasteiger partial charge in [0, 0.05) is 6.42 Å². The molecule has 3 heteroatoms. The van der Waals surface area contributed by atoms with Crippen LogP contribution in [0, 0.1) is 0 Å². The third kappa shape index (κ3) is 5.59. The Bertz CT molecular complexity index is 315. The quantitative estimate of drug-likeness (QED) is 0.506. The van der Waals surface area contributed by atoms with E-state index in [0.717, 1.165) is 12.8 Å². The zero-order chi connectivity index (χ0) is 12.0. The number of hydrogen-bond donors (Lipinski definition) is 0. The largest absolute Gasteiger partial charge is 0.353 e. The second-order valence-electron chi connectivity index (χ2n) is 3.87. The summed E-state index contributed by atoms with van der Waals surface area (Å²) in [5.41, 5.74) is 0. The average Bonchev–Trinajstić information content (AvgIpc) is 3.02. The van der Waals surface area contributed by atoms with Crippen molar-refractivity contribution in [2.75, 3.05) is 0 Å². The molecule has 0 aliphatic carbocycles. The summed E-state index contributed by atoms with van der Waals surface area (Å²) in [6.07, 6.45) is 9.23. The van der Waals surface area contributed by atoms with Crippen molar-refractivity contribution in [1.29, 1.82) is 0 Å². The third-order valence-corrected chi connectivity index (χ3v) is 2.44. The number of carbonyl (C=O) groups excluding carboxylic acids is 2. The van der Waals surface area contributed by atoms with Gasteiger partial charge in [-0.1, -0.05) is 31.7 Å². The van der Waals surface area contributed by atoms with E-state index in [2.05, 4.69) is 0 Å². The van der Waals surface area contributed by atoms with Crippen LogP contribution in [-0.2, 0) is 14.3 Å².